The zero-order valence-corrected chi connectivity index (χ0v) is 11.0. The second kappa shape index (κ2) is 6.95. The first-order valence-corrected chi connectivity index (χ1v) is 6.48. The molecule has 5 heteroatoms. The minimum atomic E-state index is -0.487. The van der Waals surface area contributed by atoms with Crippen molar-refractivity contribution in [3.05, 3.63) is 29.3 Å². The van der Waals surface area contributed by atoms with Gasteiger partial charge >= 0.3 is 0 Å². The summed E-state index contributed by atoms with van der Waals surface area (Å²) in [6.45, 7) is 4.14. The molecule has 100 valence electrons. The van der Waals surface area contributed by atoms with Crippen molar-refractivity contribution in [2.45, 2.75) is 6.10 Å². The highest BCUT2D eigenvalue weighted by molar-refractivity contribution is 6.30. The predicted octanol–water partition coefficient (Wildman–Crippen LogP) is 1.41. The highest BCUT2D eigenvalue weighted by Crippen LogP contribution is 2.15. The molecule has 0 radical (unpaired) electrons. The fourth-order valence-corrected chi connectivity index (χ4v) is 1.98. The van der Waals surface area contributed by atoms with Gasteiger partial charge in [0.25, 0.3) is 0 Å². The molecular weight excluding hydrogens is 254 g/mol. The lowest BCUT2D eigenvalue weighted by molar-refractivity contribution is 0.00465. The number of rotatable bonds is 5. The molecule has 1 aliphatic rings. The average molecular weight is 272 g/mol. The zero-order valence-electron chi connectivity index (χ0n) is 10.2. The molecule has 1 fully saturated rings. The number of aliphatic hydroxyl groups excluding tert-OH is 1. The van der Waals surface area contributed by atoms with E-state index < -0.39 is 6.10 Å². The summed E-state index contributed by atoms with van der Waals surface area (Å²) < 4.78 is 10.8. The Labute approximate surface area is 112 Å². The maximum Gasteiger partial charge on any atom is 0.119 e. The first-order valence-electron chi connectivity index (χ1n) is 6.10. The Balaban J connectivity index is 1.70. The molecule has 0 spiro atoms. The fourth-order valence-electron chi connectivity index (χ4n) is 1.86. The quantitative estimate of drug-likeness (QED) is 0.879. The predicted molar refractivity (Wildman–Crippen MR) is 70.2 cm³/mol. The maximum absolute atomic E-state index is 9.88. The maximum atomic E-state index is 9.88. The third kappa shape index (κ3) is 4.46. The van der Waals surface area contributed by atoms with Gasteiger partial charge in [-0.25, -0.2) is 0 Å². The summed E-state index contributed by atoms with van der Waals surface area (Å²) in [6, 6.07) is 7.13. The lowest BCUT2D eigenvalue weighted by Gasteiger charge is -2.28. The molecule has 0 aliphatic carbocycles. The molecule has 1 heterocycles. The highest BCUT2D eigenvalue weighted by Gasteiger charge is 2.15. The number of morpholine rings is 1. The number of hydrogen-bond acceptors (Lipinski definition) is 4. The second-order valence-corrected chi connectivity index (χ2v) is 4.77. The van der Waals surface area contributed by atoms with Gasteiger partial charge in [0, 0.05) is 24.7 Å². The molecule has 2 rings (SSSR count). The van der Waals surface area contributed by atoms with Gasteiger partial charge in [-0.2, -0.15) is 0 Å². The first kappa shape index (κ1) is 13.6. The van der Waals surface area contributed by atoms with Crippen molar-refractivity contribution in [2.24, 2.45) is 0 Å². The summed E-state index contributed by atoms with van der Waals surface area (Å²) in [7, 11) is 0. The van der Waals surface area contributed by atoms with Gasteiger partial charge in [0.15, 0.2) is 0 Å². The van der Waals surface area contributed by atoms with Crippen molar-refractivity contribution in [3.8, 4) is 5.75 Å². The molecule has 1 aromatic carbocycles. The molecule has 1 saturated heterocycles. The molecule has 0 amide bonds. The van der Waals surface area contributed by atoms with Gasteiger partial charge in [-0.3, -0.25) is 4.90 Å². The topological polar surface area (TPSA) is 41.9 Å². The van der Waals surface area contributed by atoms with Gasteiger partial charge in [0.2, 0.25) is 0 Å². The summed E-state index contributed by atoms with van der Waals surface area (Å²) in [5.74, 6) is 0.723. The van der Waals surface area contributed by atoms with Crippen LogP contribution in [0.5, 0.6) is 5.75 Å². The number of β-amino-alcohol motifs (C(OH)–C–C–N with tert-alkyl or cyclic N) is 1. The number of nitrogens with zero attached hydrogens (tertiary/aromatic N) is 1. The molecule has 0 bridgehead atoms. The Morgan fingerprint density at radius 3 is 2.61 bits per heavy atom. The minimum absolute atomic E-state index is 0.291. The largest absolute Gasteiger partial charge is 0.491 e. The standard InChI is InChI=1S/C13H18ClNO3/c14-11-1-3-13(4-2-11)18-10-12(16)9-15-5-7-17-8-6-15/h1-4,12,16H,5-10H2/t12-/m0/s1. The monoisotopic (exact) mass is 271 g/mol. The molecule has 1 atom stereocenters. The van der Waals surface area contributed by atoms with Crippen LogP contribution in [-0.4, -0.2) is 55.6 Å². The molecule has 1 aliphatic heterocycles. The van der Waals surface area contributed by atoms with E-state index in [2.05, 4.69) is 4.90 Å². The van der Waals surface area contributed by atoms with Gasteiger partial charge in [-0.05, 0) is 24.3 Å². The van der Waals surface area contributed by atoms with E-state index >= 15 is 0 Å². The lowest BCUT2D eigenvalue weighted by atomic mass is 10.3. The van der Waals surface area contributed by atoms with Crippen LogP contribution in [-0.2, 0) is 4.74 Å². The third-order valence-electron chi connectivity index (χ3n) is 2.83. The van der Waals surface area contributed by atoms with Crippen molar-refractivity contribution in [1.82, 2.24) is 4.90 Å². The van der Waals surface area contributed by atoms with E-state index in [0.29, 0.717) is 18.2 Å². The van der Waals surface area contributed by atoms with Gasteiger partial charge in [0.05, 0.1) is 13.2 Å². The molecular formula is C13H18ClNO3. The Morgan fingerprint density at radius 1 is 1.28 bits per heavy atom. The number of halogens is 1. The van der Waals surface area contributed by atoms with Crippen LogP contribution in [0.2, 0.25) is 5.02 Å². The van der Waals surface area contributed by atoms with Crippen LogP contribution in [0.4, 0.5) is 0 Å². The molecule has 0 saturated carbocycles. The van der Waals surface area contributed by atoms with Gasteiger partial charge < -0.3 is 14.6 Å². The van der Waals surface area contributed by atoms with E-state index in [1.54, 1.807) is 24.3 Å². The van der Waals surface area contributed by atoms with Crippen molar-refractivity contribution in [1.29, 1.82) is 0 Å². The zero-order chi connectivity index (χ0) is 12.8. The summed E-state index contributed by atoms with van der Waals surface area (Å²) in [6.07, 6.45) is -0.487. The smallest absolute Gasteiger partial charge is 0.119 e. The van der Waals surface area contributed by atoms with Crippen LogP contribution >= 0.6 is 11.6 Å². The first-order chi connectivity index (χ1) is 8.74. The van der Waals surface area contributed by atoms with Gasteiger partial charge in [-0.15, -0.1) is 0 Å². The van der Waals surface area contributed by atoms with E-state index in [1.165, 1.54) is 0 Å². The summed E-state index contributed by atoms with van der Waals surface area (Å²) in [5.41, 5.74) is 0. The van der Waals surface area contributed by atoms with Crippen molar-refractivity contribution >= 4 is 11.6 Å². The molecule has 4 nitrogen and oxygen atoms in total. The van der Waals surface area contributed by atoms with Crippen LogP contribution in [0, 0.1) is 0 Å². The van der Waals surface area contributed by atoms with E-state index in [4.69, 9.17) is 21.1 Å². The van der Waals surface area contributed by atoms with Crippen LogP contribution in [0.3, 0.4) is 0 Å². The van der Waals surface area contributed by atoms with Gasteiger partial charge in [0.1, 0.15) is 18.5 Å². The molecule has 0 unspecified atom stereocenters. The summed E-state index contributed by atoms with van der Waals surface area (Å²) in [4.78, 5) is 2.18. The lowest BCUT2D eigenvalue weighted by Crippen LogP contribution is -2.42. The number of aliphatic hydroxyl groups is 1. The van der Waals surface area contributed by atoms with E-state index in [1.807, 2.05) is 0 Å². The Morgan fingerprint density at radius 2 is 1.94 bits per heavy atom. The molecule has 0 aromatic heterocycles. The normalized spacial score (nSPS) is 18.6. The molecule has 1 aromatic rings. The Kier molecular flexibility index (Phi) is 5.26. The van der Waals surface area contributed by atoms with E-state index in [9.17, 15) is 5.11 Å². The summed E-state index contributed by atoms with van der Waals surface area (Å²) in [5, 5.41) is 10.6. The highest BCUT2D eigenvalue weighted by atomic mass is 35.5. The van der Waals surface area contributed by atoms with E-state index in [-0.39, 0.29) is 0 Å². The number of ether oxygens (including phenoxy) is 2. The fraction of sp³-hybridized carbons (Fsp3) is 0.538. The van der Waals surface area contributed by atoms with Crippen molar-refractivity contribution in [3.63, 3.8) is 0 Å². The minimum Gasteiger partial charge on any atom is -0.491 e. The average Bonchev–Trinajstić information content (AvgIpc) is 2.39. The van der Waals surface area contributed by atoms with Crippen LogP contribution in [0.1, 0.15) is 0 Å². The Hall–Kier alpha value is -0.810. The Bertz CT molecular complexity index is 352. The van der Waals surface area contributed by atoms with E-state index in [0.717, 1.165) is 32.1 Å². The number of hydrogen-bond donors (Lipinski definition) is 1. The number of benzene rings is 1. The van der Waals surface area contributed by atoms with Crippen LogP contribution in [0.15, 0.2) is 24.3 Å². The second-order valence-electron chi connectivity index (χ2n) is 4.33. The third-order valence-corrected chi connectivity index (χ3v) is 3.08. The molecule has 18 heavy (non-hydrogen) atoms. The molecule has 1 N–H and O–H groups in total. The van der Waals surface area contributed by atoms with Crippen molar-refractivity contribution in [2.75, 3.05) is 39.5 Å². The summed E-state index contributed by atoms with van der Waals surface area (Å²) >= 11 is 5.78. The van der Waals surface area contributed by atoms with Crippen LogP contribution in [0.25, 0.3) is 0 Å². The van der Waals surface area contributed by atoms with Crippen molar-refractivity contribution < 1.29 is 14.6 Å². The van der Waals surface area contributed by atoms with Gasteiger partial charge in [-0.1, -0.05) is 11.6 Å². The van der Waals surface area contributed by atoms with Crippen LogP contribution < -0.4 is 4.74 Å². The SMILES string of the molecule is O[C@H](COc1ccc(Cl)cc1)CN1CCOCC1.